The molecule has 0 aliphatic rings. The first kappa shape index (κ1) is 16.0. The van der Waals surface area contributed by atoms with Gasteiger partial charge >= 0.3 is 0 Å². The number of guanidine groups is 1. The van der Waals surface area contributed by atoms with Gasteiger partial charge in [-0.3, -0.25) is 4.99 Å². The molecular formula is C12H20IN3O. The zero-order valence-electron chi connectivity index (χ0n) is 10.5. The summed E-state index contributed by atoms with van der Waals surface area (Å²) >= 11 is 0. The van der Waals surface area contributed by atoms with Crippen molar-refractivity contribution in [2.75, 3.05) is 27.2 Å². The molecule has 0 atom stereocenters. The van der Waals surface area contributed by atoms with Gasteiger partial charge < -0.3 is 15.4 Å². The average Bonchev–Trinajstić information content (AvgIpc) is 2.31. The monoisotopic (exact) mass is 349 g/mol. The number of aliphatic imine (C=N–C) groups is 1. The van der Waals surface area contributed by atoms with E-state index in [1.807, 2.05) is 38.2 Å². The molecule has 0 saturated heterocycles. The van der Waals surface area contributed by atoms with Crippen LogP contribution in [0, 0.1) is 6.92 Å². The minimum absolute atomic E-state index is 0. The van der Waals surface area contributed by atoms with Crippen molar-refractivity contribution < 1.29 is 4.74 Å². The molecule has 0 amide bonds. The van der Waals surface area contributed by atoms with Gasteiger partial charge in [-0.25, -0.2) is 0 Å². The molecule has 1 rings (SSSR count). The normalized spacial score (nSPS) is 10.4. The molecule has 0 heterocycles. The number of aryl methyl sites for hydroxylation is 1. The van der Waals surface area contributed by atoms with Gasteiger partial charge in [0.25, 0.3) is 0 Å². The third-order valence-electron chi connectivity index (χ3n) is 2.21. The van der Waals surface area contributed by atoms with Crippen molar-refractivity contribution in [3.05, 3.63) is 29.8 Å². The van der Waals surface area contributed by atoms with Gasteiger partial charge in [0, 0.05) is 14.1 Å². The molecule has 96 valence electrons. The molecule has 1 aromatic carbocycles. The third kappa shape index (κ3) is 5.76. The molecule has 0 bridgehead atoms. The minimum atomic E-state index is 0. The molecule has 0 radical (unpaired) electrons. The minimum Gasteiger partial charge on any atom is -0.491 e. The molecule has 17 heavy (non-hydrogen) atoms. The zero-order valence-corrected chi connectivity index (χ0v) is 12.8. The predicted molar refractivity (Wildman–Crippen MR) is 82.5 cm³/mol. The highest BCUT2D eigenvalue weighted by molar-refractivity contribution is 14.0. The van der Waals surface area contributed by atoms with Crippen molar-refractivity contribution in [1.29, 1.82) is 0 Å². The molecule has 0 aliphatic heterocycles. The summed E-state index contributed by atoms with van der Waals surface area (Å²) in [6.45, 7) is 3.38. The van der Waals surface area contributed by atoms with Crippen LogP contribution in [0.25, 0.3) is 0 Å². The molecule has 2 N–H and O–H groups in total. The van der Waals surface area contributed by atoms with Crippen LogP contribution in [0.2, 0.25) is 0 Å². The smallest absolute Gasteiger partial charge is 0.190 e. The summed E-state index contributed by atoms with van der Waals surface area (Å²) in [7, 11) is 3.57. The Labute approximate surface area is 120 Å². The number of halogens is 1. The third-order valence-corrected chi connectivity index (χ3v) is 2.21. The second-order valence-corrected chi connectivity index (χ2v) is 3.36. The van der Waals surface area contributed by atoms with Gasteiger partial charge in [-0.05, 0) is 18.6 Å². The average molecular weight is 349 g/mol. The molecule has 4 nitrogen and oxygen atoms in total. The lowest BCUT2D eigenvalue weighted by Crippen LogP contribution is -2.37. The summed E-state index contributed by atoms with van der Waals surface area (Å²) < 4.78 is 5.63. The Morgan fingerprint density at radius 2 is 2.06 bits per heavy atom. The quantitative estimate of drug-likeness (QED) is 0.377. The number of benzene rings is 1. The first-order valence-electron chi connectivity index (χ1n) is 5.34. The maximum absolute atomic E-state index is 5.63. The first-order valence-corrected chi connectivity index (χ1v) is 5.34. The van der Waals surface area contributed by atoms with Crippen molar-refractivity contribution in [3.63, 3.8) is 0 Å². The molecular weight excluding hydrogens is 329 g/mol. The number of nitrogens with zero attached hydrogens (tertiary/aromatic N) is 1. The lowest BCUT2D eigenvalue weighted by atomic mass is 10.2. The van der Waals surface area contributed by atoms with E-state index in [1.54, 1.807) is 7.05 Å². The van der Waals surface area contributed by atoms with Crippen molar-refractivity contribution in [1.82, 2.24) is 10.6 Å². The number of para-hydroxylation sites is 1. The lowest BCUT2D eigenvalue weighted by molar-refractivity contribution is 0.320. The maximum atomic E-state index is 5.63. The zero-order chi connectivity index (χ0) is 11.8. The maximum Gasteiger partial charge on any atom is 0.190 e. The van der Waals surface area contributed by atoms with E-state index in [0.717, 1.165) is 23.8 Å². The van der Waals surface area contributed by atoms with Crippen LogP contribution < -0.4 is 15.4 Å². The van der Waals surface area contributed by atoms with Gasteiger partial charge in [0.1, 0.15) is 12.4 Å². The van der Waals surface area contributed by atoms with E-state index in [0.29, 0.717) is 6.61 Å². The summed E-state index contributed by atoms with van der Waals surface area (Å²) in [5, 5.41) is 6.07. The van der Waals surface area contributed by atoms with Crippen LogP contribution in [-0.4, -0.2) is 33.2 Å². The topological polar surface area (TPSA) is 45.7 Å². The van der Waals surface area contributed by atoms with E-state index >= 15 is 0 Å². The van der Waals surface area contributed by atoms with E-state index in [9.17, 15) is 0 Å². The number of rotatable bonds is 4. The van der Waals surface area contributed by atoms with Crippen LogP contribution >= 0.6 is 24.0 Å². The Morgan fingerprint density at radius 1 is 1.35 bits per heavy atom. The second kappa shape index (κ2) is 9.09. The highest BCUT2D eigenvalue weighted by Gasteiger charge is 1.97. The van der Waals surface area contributed by atoms with Crippen molar-refractivity contribution in [3.8, 4) is 5.75 Å². The van der Waals surface area contributed by atoms with Gasteiger partial charge in [0.05, 0.1) is 6.54 Å². The van der Waals surface area contributed by atoms with E-state index in [-0.39, 0.29) is 24.0 Å². The molecule has 5 heteroatoms. The van der Waals surface area contributed by atoms with Gasteiger partial charge in [-0.15, -0.1) is 24.0 Å². The van der Waals surface area contributed by atoms with Crippen LogP contribution in [0.3, 0.4) is 0 Å². The van der Waals surface area contributed by atoms with Gasteiger partial charge in [0.2, 0.25) is 0 Å². The Kier molecular flexibility index (Phi) is 8.57. The molecule has 0 aromatic heterocycles. The van der Waals surface area contributed by atoms with E-state index < -0.39 is 0 Å². The largest absolute Gasteiger partial charge is 0.491 e. The molecule has 0 saturated carbocycles. The van der Waals surface area contributed by atoms with Gasteiger partial charge in [0.15, 0.2) is 5.96 Å². The molecule has 0 fully saturated rings. The molecule has 0 aliphatic carbocycles. The SMILES string of the molecule is CN=C(NC)NCCOc1ccccc1C.I. The standard InChI is InChI=1S/C12H19N3O.HI/c1-10-6-4-5-7-11(10)16-9-8-15-12(13-2)14-3;/h4-7H,8-9H2,1-3H3,(H2,13,14,15);1H. The fourth-order valence-electron chi connectivity index (χ4n) is 1.33. The Balaban J connectivity index is 0.00000256. The summed E-state index contributed by atoms with van der Waals surface area (Å²) in [5.41, 5.74) is 1.15. The predicted octanol–water partition coefficient (Wildman–Crippen LogP) is 1.79. The summed E-state index contributed by atoms with van der Waals surface area (Å²) in [6, 6.07) is 7.99. The first-order chi connectivity index (χ1) is 7.77. The highest BCUT2D eigenvalue weighted by atomic mass is 127. The lowest BCUT2D eigenvalue weighted by Gasteiger charge is -2.11. The number of hydrogen-bond acceptors (Lipinski definition) is 2. The Hall–Kier alpha value is -0.980. The molecule has 0 unspecified atom stereocenters. The Morgan fingerprint density at radius 3 is 2.65 bits per heavy atom. The van der Waals surface area contributed by atoms with Crippen LogP contribution in [0.5, 0.6) is 5.75 Å². The van der Waals surface area contributed by atoms with Crippen LogP contribution in [-0.2, 0) is 0 Å². The van der Waals surface area contributed by atoms with Crippen molar-refractivity contribution in [2.24, 2.45) is 4.99 Å². The number of ether oxygens (including phenoxy) is 1. The number of hydrogen-bond donors (Lipinski definition) is 2. The fourth-order valence-corrected chi connectivity index (χ4v) is 1.33. The summed E-state index contributed by atoms with van der Waals surface area (Å²) in [5.74, 6) is 1.71. The number of nitrogens with one attached hydrogen (secondary N) is 2. The van der Waals surface area contributed by atoms with E-state index in [2.05, 4.69) is 15.6 Å². The van der Waals surface area contributed by atoms with Crippen molar-refractivity contribution in [2.45, 2.75) is 6.92 Å². The summed E-state index contributed by atoms with van der Waals surface area (Å²) in [4.78, 5) is 4.01. The van der Waals surface area contributed by atoms with Gasteiger partial charge in [-0.2, -0.15) is 0 Å². The second-order valence-electron chi connectivity index (χ2n) is 3.36. The Bertz CT molecular complexity index is 355. The highest BCUT2D eigenvalue weighted by Crippen LogP contribution is 2.15. The van der Waals surface area contributed by atoms with Crippen LogP contribution in [0.1, 0.15) is 5.56 Å². The van der Waals surface area contributed by atoms with Crippen molar-refractivity contribution >= 4 is 29.9 Å². The van der Waals surface area contributed by atoms with Crippen LogP contribution in [0.15, 0.2) is 29.3 Å². The fraction of sp³-hybridized carbons (Fsp3) is 0.417. The molecule has 1 aromatic rings. The van der Waals surface area contributed by atoms with Crippen LogP contribution in [0.4, 0.5) is 0 Å². The van der Waals surface area contributed by atoms with E-state index in [4.69, 9.17) is 4.74 Å². The van der Waals surface area contributed by atoms with Gasteiger partial charge in [-0.1, -0.05) is 18.2 Å². The molecule has 0 spiro atoms. The van der Waals surface area contributed by atoms with E-state index in [1.165, 1.54) is 0 Å². The summed E-state index contributed by atoms with van der Waals surface area (Å²) in [6.07, 6.45) is 0.